The van der Waals surface area contributed by atoms with Crippen molar-refractivity contribution in [2.75, 3.05) is 27.3 Å². The number of benzene rings is 1. The first-order chi connectivity index (χ1) is 14.8. The Morgan fingerprint density at radius 3 is 2.71 bits per heavy atom. The molecule has 0 aliphatic carbocycles. The Hall–Kier alpha value is -2.66. The van der Waals surface area contributed by atoms with Crippen molar-refractivity contribution in [1.29, 1.82) is 0 Å². The number of methoxy groups -OCH3 is 2. The summed E-state index contributed by atoms with van der Waals surface area (Å²) in [5.74, 6) is 0.526. The van der Waals surface area contributed by atoms with Gasteiger partial charge in [0.05, 0.1) is 20.4 Å². The highest BCUT2D eigenvalue weighted by Crippen LogP contribution is 2.32. The van der Waals surface area contributed by atoms with E-state index in [4.69, 9.17) is 9.47 Å². The Kier molecular flexibility index (Phi) is 7.16. The average Bonchev–Trinajstić information content (AvgIpc) is 3.42. The van der Waals surface area contributed by atoms with Gasteiger partial charge in [-0.3, -0.25) is 4.79 Å². The number of carbonyl (C=O) groups excluding carboxylic acids is 1. The van der Waals surface area contributed by atoms with Crippen LogP contribution in [0.25, 0.3) is 0 Å². The van der Waals surface area contributed by atoms with E-state index >= 15 is 0 Å². The van der Waals surface area contributed by atoms with E-state index in [2.05, 4.69) is 20.1 Å². The zero-order chi connectivity index (χ0) is 22.6. The van der Waals surface area contributed by atoms with E-state index in [1.54, 1.807) is 17.0 Å². The zero-order valence-electron chi connectivity index (χ0n) is 18.2. The molecule has 2 aromatic rings. The summed E-state index contributed by atoms with van der Waals surface area (Å²) in [6.45, 7) is 5.01. The van der Waals surface area contributed by atoms with Crippen molar-refractivity contribution in [3.05, 3.63) is 30.1 Å². The van der Waals surface area contributed by atoms with E-state index < -0.39 is 10.0 Å². The van der Waals surface area contributed by atoms with Crippen LogP contribution in [0.3, 0.4) is 0 Å². The van der Waals surface area contributed by atoms with Crippen molar-refractivity contribution in [3.8, 4) is 11.5 Å². The molecule has 2 N–H and O–H groups in total. The monoisotopic (exact) mass is 451 g/mol. The van der Waals surface area contributed by atoms with Crippen LogP contribution in [0, 0.1) is 11.8 Å². The number of carbonyl (C=O) groups is 1. The number of hydrogen-bond acceptors (Lipinski definition) is 7. The highest BCUT2D eigenvalue weighted by molar-refractivity contribution is 7.89. The van der Waals surface area contributed by atoms with Gasteiger partial charge in [-0.1, -0.05) is 20.3 Å². The fourth-order valence-corrected chi connectivity index (χ4v) is 5.58. The maximum Gasteiger partial charge on any atom is 0.276 e. The Morgan fingerprint density at radius 2 is 2.10 bits per heavy atom. The summed E-state index contributed by atoms with van der Waals surface area (Å²) in [6, 6.07) is 4.32. The largest absolute Gasteiger partial charge is 0.497 e. The first kappa shape index (κ1) is 23.0. The number of ether oxygens (including phenoxy) is 2. The highest BCUT2D eigenvalue weighted by atomic mass is 32.2. The van der Waals surface area contributed by atoms with Gasteiger partial charge in [-0.15, -0.1) is 0 Å². The normalized spacial score (nSPS) is 19.9. The van der Waals surface area contributed by atoms with E-state index in [9.17, 15) is 13.2 Å². The van der Waals surface area contributed by atoms with Gasteiger partial charge in [0.2, 0.25) is 10.0 Å². The molecule has 3 atom stereocenters. The molecule has 1 aromatic carbocycles. The lowest BCUT2D eigenvalue weighted by Crippen LogP contribution is -2.43. The van der Waals surface area contributed by atoms with Crippen LogP contribution < -0.4 is 14.2 Å². The summed E-state index contributed by atoms with van der Waals surface area (Å²) in [5.41, 5.74) is 0.251. The minimum atomic E-state index is -3.88. The standard InChI is InChI=1S/C20H29N5O5S/c1-5-6-16(15-12-25(11-13(15)2)20(26)17-10-21-24-22-17)23-31(27,28)19-9-14(29-3)7-8-18(19)30-4/h7-10,13,15-16,23H,5-6,11-12H2,1-4H3,(H,21,22,24)/t13-,15+,16-/m1/s1. The van der Waals surface area contributed by atoms with Crippen LogP contribution in [0.1, 0.15) is 37.2 Å². The van der Waals surface area contributed by atoms with Crippen molar-refractivity contribution in [2.45, 2.75) is 37.6 Å². The Labute approximate surface area is 182 Å². The first-order valence-electron chi connectivity index (χ1n) is 10.2. The summed E-state index contributed by atoms with van der Waals surface area (Å²) in [4.78, 5) is 14.4. The van der Waals surface area contributed by atoms with Crippen molar-refractivity contribution in [1.82, 2.24) is 25.0 Å². The number of likely N-dealkylation sites (tertiary alicyclic amines) is 1. The molecule has 1 aromatic heterocycles. The molecule has 0 spiro atoms. The van der Waals surface area contributed by atoms with E-state index in [1.165, 1.54) is 26.5 Å². The quantitative estimate of drug-likeness (QED) is 0.594. The fraction of sp³-hybridized carbons (Fsp3) is 0.550. The second-order valence-corrected chi connectivity index (χ2v) is 9.42. The van der Waals surface area contributed by atoms with Gasteiger partial charge in [0.25, 0.3) is 5.91 Å². The van der Waals surface area contributed by atoms with E-state index in [0.29, 0.717) is 25.3 Å². The minimum Gasteiger partial charge on any atom is -0.497 e. The van der Waals surface area contributed by atoms with Gasteiger partial charge in [-0.2, -0.15) is 15.4 Å². The molecule has 1 saturated heterocycles. The van der Waals surface area contributed by atoms with Crippen molar-refractivity contribution >= 4 is 15.9 Å². The van der Waals surface area contributed by atoms with E-state index in [0.717, 1.165) is 6.42 Å². The molecule has 1 amide bonds. The zero-order valence-corrected chi connectivity index (χ0v) is 19.0. The number of hydrogen-bond donors (Lipinski definition) is 2. The molecule has 1 aliphatic heterocycles. The minimum absolute atomic E-state index is 0.0247. The summed E-state index contributed by atoms with van der Waals surface area (Å²) >= 11 is 0. The smallest absolute Gasteiger partial charge is 0.276 e. The molecule has 170 valence electrons. The van der Waals surface area contributed by atoms with E-state index in [-0.39, 0.29) is 40.1 Å². The number of H-pyrrole nitrogens is 1. The number of sulfonamides is 1. The van der Waals surface area contributed by atoms with Crippen LogP contribution in [-0.4, -0.2) is 68.0 Å². The van der Waals surface area contributed by atoms with E-state index in [1.807, 2.05) is 13.8 Å². The molecule has 1 fully saturated rings. The number of rotatable bonds is 9. The number of nitrogens with zero attached hydrogens (tertiary/aromatic N) is 3. The SMILES string of the molecule is CCC[C@@H](NS(=O)(=O)c1cc(OC)ccc1OC)[C@H]1CN(C(=O)c2cn[nH]n2)C[C@H]1C. The topological polar surface area (TPSA) is 127 Å². The molecular weight excluding hydrogens is 422 g/mol. The van der Waals surface area contributed by atoms with Gasteiger partial charge in [0.15, 0.2) is 5.69 Å². The van der Waals surface area contributed by atoms with Crippen molar-refractivity contribution in [2.24, 2.45) is 11.8 Å². The third kappa shape index (κ3) is 4.99. The molecule has 0 unspecified atom stereocenters. The van der Waals surface area contributed by atoms with Crippen LogP contribution in [0.15, 0.2) is 29.3 Å². The maximum atomic E-state index is 13.3. The van der Waals surface area contributed by atoms with Crippen LogP contribution in [0.2, 0.25) is 0 Å². The fourth-order valence-electron chi connectivity index (χ4n) is 4.08. The number of aromatic amines is 1. The molecule has 0 saturated carbocycles. The average molecular weight is 452 g/mol. The Bertz CT molecular complexity index is 995. The molecule has 0 radical (unpaired) electrons. The van der Waals surface area contributed by atoms with Gasteiger partial charge >= 0.3 is 0 Å². The van der Waals surface area contributed by atoms with Crippen molar-refractivity contribution < 1.29 is 22.7 Å². The summed E-state index contributed by atoms with van der Waals surface area (Å²) in [5, 5.41) is 10.0. The molecule has 0 bridgehead atoms. The van der Waals surface area contributed by atoms with Crippen LogP contribution in [0.4, 0.5) is 0 Å². The lowest BCUT2D eigenvalue weighted by Gasteiger charge is -2.27. The van der Waals surface area contributed by atoms with Gasteiger partial charge in [-0.05, 0) is 30.4 Å². The molecule has 11 heteroatoms. The van der Waals surface area contributed by atoms with Crippen LogP contribution in [0.5, 0.6) is 11.5 Å². The van der Waals surface area contributed by atoms with Gasteiger partial charge in [0.1, 0.15) is 16.4 Å². The second-order valence-electron chi connectivity index (χ2n) is 7.74. The second kappa shape index (κ2) is 9.65. The lowest BCUT2D eigenvalue weighted by molar-refractivity contribution is 0.0777. The lowest BCUT2D eigenvalue weighted by atomic mass is 9.88. The van der Waals surface area contributed by atoms with Crippen LogP contribution >= 0.6 is 0 Å². The summed E-state index contributed by atoms with van der Waals surface area (Å²) < 4.78 is 39.9. The third-order valence-electron chi connectivity index (χ3n) is 5.68. The van der Waals surface area contributed by atoms with Gasteiger partial charge in [-0.25, -0.2) is 13.1 Å². The van der Waals surface area contributed by atoms with Gasteiger partial charge < -0.3 is 14.4 Å². The molecular formula is C20H29N5O5S. The number of aromatic nitrogens is 3. The Balaban J connectivity index is 1.83. The van der Waals surface area contributed by atoms with Crippen LogP contribution in [-0.2, 0) is 10.0 Å². The summed E-state index contributed by atoms with van der Waals surface area (Å²) in [6.07, 6.45) is 2.83. The predicted octanol–water partition coefficient (Wildman–Crippen LogP) is 1.68. The Morgan fingerprint density at radius 1 is 1.32 bits per heavy atom. The van der Waals surface area contributed by atoms with Gasteiger partial charge in [0, 0.05) is 25.2 Å². The number of nitrogens with one attached hydrogen (secondary N) is 2. The maximum absolute atomic E-state index is 13.3. The molecule has 1 aliphatic rings. The van der Waals surface area contributed by atoms with Crippen molar-refractivity contribution in [3.63, 3.8) is 0 Å². The first-order valence-corrected chi connectivity index (χ1v) is 11.7. The predicted molar refractivity (Wildman–Crippen MR) is 114 cm³/mol. The molecule has 31 heavy (non-hydrogen) atoms. The summed E-state index contributed by atoms with van der Waals surface area (Å²) in [7, 11) is -0.979. The number of amides is 1. The highest BCUT2D eigenvalue weighted by Gasteiger charge is 2.39. The molecule has 10 nitrogen and oxygen atoms in total. The molecule has 3 rings (SSSR count). The molecule has 2 heterocycles. The third-order valence-corrected chi connectivity index (χ3v) is 7.19.